The number of aliphatic hydroxyl groups excluding tert-OH is 1. The molecule has 1 fully saturated rings. The summed E-state index contributed by atoms with van der Waals surface area (Å²) in [5, 5.41) is 11.9. The summed E-state index contributed by atoms with van der Waals surface area (Å²) >= 11 is 0. The minimum atomic E-state index is -0.326. The molecule has 3 unspecified atom stereocenters. The van der Waals surface area contributed by atoms with Gasteiger partial charge in [0.1, 0.15) is 6.10 Å². The summed E-state index contributed by atoms with van der Waals surface area (Å²) in [6.07, 6.45) is 1.56. The molecule has 1 aliphatic heterocycles. The predicted octanol–water partition coefficient (Wildman–Crippen LogP) is 0.687. The molecule has 1 heterocycles. The van der Waals surface area contributed by atoms with E-state index < -0.39 is 0 Å². The Hall–Kier alpha value is -0.610. The molecule has 0 radical (unpaired) electrons. The zero-order valence-corrected chi connectivity index (χ0v) is 9.69. The quantitative estimate of drug-likeness (QED) is 0.725. The number of aliphatic hydroxyl groups is 1. The first-order chi connectivity index (χ1) is 7.04. The smallest absolute Gasteiger partial charge is 0.249 e. The van der Waals surface area contributed by atoms with E-state index in [4.69, 9.17) is 9.84 Å². The van der Waals surface area contributed by atoms with Gasteiger partial charge in [-0.15, -0.1) is 0 Å². The summed E-state index contributed by atoms with van der Waals surface area (Å²) in [5.74, 6) is 0.143. The van der Waals surface area contributed by atoms with E-state index >= 15 is 0 Å². The molecule has 4 nitrogen and oxygen atoms in total. The number of carbonyl (C=O) groups is 1. The van der Waals surface area contributed by atoms with Crippen molar-refractivity contribution in [3.05, 3.63) is 0 Å². The van der Waals surface area contributed by atoms with Gasteiger partial charge in [0.15, 0.2) is 0 Å². The highest BCUT2D eigenvalue weighted by molar-refractivity contribution is 5.81. The van der Waals surface area contributed by atoms with Crippen molar-refractivity contribution in [1.82, 2.24) is 5.32 Å². The van der Waals surface area contributed by atoms with Crippen molar-refractivity contribution in [2.24, 2.45) is 5.92 Å². The van der Waals surface area contributed by atoms with Crippen LogP contribution in [0.15, 0.2) is 0 Å². The first-order valence-corrected chi connectivity index (χ1v) is 5.61. The molecule has 0 spiro atoms. The summed E-state index contributed by atoms with van der Waals surface area (Å²) in [4.78, 5) is 11.7. The van der Waals surface area contributed by atoms with Gasteiger partial charge >= 0.3 is 0 Å². The predicted molar refractivity (Wildman–Crippen MR) is 57.4 cm³/mol. The molecule has 0 saturated carbocycles. The van der Waals surface area contributed by atoms with Crippen LogP contribution in [0.4, 0.5) is 0 Å². The van der Waals surface area contributed by atoms with Gasteiger partial charge in [-0.25, -0.2) is 0 Å². The van der Waals surface area contributed by atoms with Crippen LogP contribution in [0.25, 0.3) is 0 Å². The highest BCUT2D eigenvalue weighted by Crippen LogP contribution is 2.19. The standard InChI is InChI=1S/C11H21NO3/c1-7(2)9(6-13)12-11(14)10-5-4-8(3)15-10/h7-10,13H,4-6H2,1-3H3,(H,12,14). The van der Waals surface area contributed by atoms with E-state index in [1.165, 1.54) is 0 Å². The molecule has 3 atom stereocenters. The molecule has 1 rings (SSSR count). The lowest BCUT2D eigenvalue weighted by Gasteiger charge is -2.21. The maximum atomic E-state index is 11.7. The van der Waals surface area contributed by atoms with Crippen molar-refractivity contribution in [1.29, 1.82) is 0 Å². The van der Waals surface area contributed by atoms with E-state index in [-0.39, 0.29) is 36.7 Å². The second kappa shape index (κ2) is 5.47. The molecule has 1 saturated heterocycles. The van der Waals surface area contributed by atoms with E-state index in [1.807, 2.05) is 20.8 Å². The molecular weight excluding hydrogens is 194 g/mol. The van der Waals surface area contributed by atoms with Gasteiger partial charge in [0.05, 0.1) is 18.8 Å². The first kappa shape index (κ1) is 12.5. The lowest BCUT2D eigenvalue weighted by Crippen LogP contribution is -2.45. The largest absolute Gasteiger partial charge is 0.394 e. The lowest BCUT2D eigenvalue weighted by molar-refractivity contribution is -0.133. The van der Waals surface area contributed by atoms with Gasteiger partial charge in [0.2, 0.25) is 5.91 Å². The molecular formula is C11H21NO3. The molecule has 88 valence electrons. The number of hydrogen-bond donors (Lipinski definition) is 2. The molecule has 2 N–H and O–H groups in total. The van der Waals surface area contributed by atoms with Gasteiger partial charge in [0.25, 0.3) is 0 Å². The number of nitrogens with one attached hydrogen (secondary N) is 1. The third-order valence-electron chi connectivity index (χ3n) is 2.85. The fourth-order valence-electron chi connectivity index (χ4n) is 1.69. The molecule has 1 aliphatic rings. The number of rotatable bonds is 4. The molecule has 0 aliphatic carbocycles. The van der Waals surface area contributed by atoms with Crippen molar-refractivity contribution in [3.8, 4) is 0 Å². The van der Waals surface area contributed by atoms with Crippen molar-refractivity contribution in [3.63, 3.8) is 0 Å². The highest BCUT2D eigenvalue weighted by atomic mass is 16.5. The average molecular weight is 215 g/mol. The van der Waals surface area contributed by atoms with Gasteiger partial charge in [-0.1, -0.05) is 13.8 Å². The van der Waals surface area contributed by atoms with E-state index in [1.54, 1.807) is 0 Å². The summed E-state index contributed by atoms with van der Waals surface area (Å²) in [7, 11) is 0. The third kappa shape index (κ3) is 3.47. The lowest BCUT2D eigenvalue weighted by atomic mass is 10.0. The Balaban J connectivity index is 2.40. The number of hydrogen-bond acceptors (Lipinski definition) is 3. The van der Waals surface area contributed by atoms with E-state index in [9.17, 15) is 4.79 Å². The van der Waals surface area contributed by atoms with Crippen molar-refractivity contribution in [2.45, 2.75) is 51.9 Å². The Bertz CT molecular complexity index is 218. The molecule has 15 heavy (non-hydrogen) atoms. The fourth-order valence-corrected chi connectivity index (χ4v) is 1.69. The Morgan fingerprint density at radius 3 is 2.60 bits per heavy atom. The van der Waals surface area contributed by atoms with Crippen LogP contribution in [0.3, 0.4) is 0 Å². The minimum absolute atomic E-state index is 0.0221. The average Bonchev–Trinajstić information content (AvgIpc) is 2.60. The second-order valence-corrected chi connectivity index (χ2v) is 4.55. The summed E-state index contributed by atoms with van der Waals surface area (Å²) in [5.41, 5.74) is 0. The van der Waals surface area contributed by atoms with Gasteiger partial charge in [0, 0.05) is 0 Å². The molecule has 0 aromatic carbocycles. The van der Waals surface area contributed by atoms with Crippen LogP contribution in [0, 0.1) is 5.92 Å². The van der Waals surface area contributed by atoms with Crippen molar-refractivity contribution < 1.29 is 14.6 Å². The summed E-state index contributed by atoms with van der Waals surface area (Å²) in [6, 6.07) is -0.169. The minimum Gasteiger partial charge on any atom is -0.394 e. The zero-order valence-electron chi connectivity index (χ0n) is 9.69. The van der Waals surface area contributed by atoms with E-state index in [0.717, 1.165) is 12.8 Å². The molecule has 4 heteroatoms. The van der Waals surface area contributed by atoms with Gasteiger partial charge in [-0.05, 0) is 25.7 Å². The monoisotopic (exact) mass is 215 g/mol. The van der Waals surface area contributed by atoms with Gasteiger partial charge in [-0.3, -0.25) is 4.79 Å². The Kier molecular flexibility index (Phi) is 4.54. The van der Waals surface area contributed by atoms with Crippen LogP contribution in [0.5, 0.6) is 0 Å². The maximum absolute atomic E-state index is 11.7. The van der Waals surface area contributed by atoms with Crippen LogP contribution in [0.2, 0.25) is 0 Å². The number of ether oxygens (including phenoxy) is 1. The fraction of sp³-hybridized carbons (Fsp3) is 0.909. The Labute approximate surface area is 91.0 Å². The second-order valence-electron chi connectivity index (χ2n) is 4.55. The Morgan fingerprint density at radius 2 is 2.20 bits per heavy atom. The van der Waals surface area contributed by atoms with Crippen LogP contribution < -0.4 is 5.32 Å². The molecule has 0 aromatic rings. The van der Waals surface area contributed by atoms with Crippen LogP contribution in [-0.4, -0.2) is 35.9 Å². The van der Waals surface area contributed by atoms with E-state index in [0.29, 0.717) is 0 Å². The van der Waals surface area contributed by atoms with Crippen LogP contribution in [0.1, 0.15) is 33.6 Å². The normalized spacial score (nSPS) is 28.1. The third-order valence-corrected chi connectivity index (χ3v) is 2.85. The van der Waals surface area contributed by atoms with Crippen LogP contribution in [-0.2, 0) is 9.53 Å². The van der Waals surface area contributed by atoms with Gasteiger partial charge in [-0.2, -0.15) is 0 Å². The van der Waals surface area contributed by atoms with Crippen molar-refractivity contribution >= 4 is 5.91 Å². The zero-order chi connectivity index (χ0) is 11.4. The summed E-state index contributed by atoms with van der Waals surface area (Å²) < 4.78 is 5.45. The Morgan fingerprint density at radius 1 is 1.53 bits per heavy atom. The number of amides is 1. The number of carbonyl (C=O) groups excluding carboxylic acids is 1. The maximum Gasteiger partial charge on any atom is 0.249 e. The highest BCUT2D eigenvalue weighted by Gasteiger charge is 2.29. The van der Waals surface area contributed by atoms with Crippen molar-refractivity contribution in [2.75, 3.05) is 6.61 Å². The summed E-state index contributed by atoms with van der Waals surface area (Å²) in [6.45, 7) is 5.89. The van der Waals surface area contributed by atoms with Gasteiger partial charge < -0.3 is 15.2 Å². The molecule has 1 amide bonds. The molecule has 0 bridgehead atoms. The first-order valence-electron chi connectivity index (χ1n) is 5.61. The molecule has 0 aromatic heterocycles. The van der Waals surface area contributed by atoms with E-state index in [2.05, 4.69) is 5.32 Å². The topological polar surface area (TPSA) is 58.6 Å². The van der Waals surface area contributed by atoms with Crippen LogP contribution >= 0.6 is 0 Å². The SMILES string of the molecule is CC1CCC(C(=O)NC(CO)C(C)C)O1.